The van der Waals surface area contributed by atoms with E-state index in [-0.39, 0.29) is 52.4 Å². The van der Waals surface area contributed by atoms with Crippen LogP contribution in [0.1, 0.15) is 168 Å². The van der Waals surface area contributed by atoms with Crippen LogP contribution >= 0.6 is 0 Å². The van der Waals surface area contributed by atoms with Crippen LogP contribution in [0.5, 0.6) is 0 Å². The number of carbonyl (C=O) groups is 6. The van der Waals surface area contributed by atoms with Gasteiger partial charge in [0.15, 0.2) is 0 Å². The summed E-state index contributed by atoms with van der Waals surface area (Å²) in [6.45, 7) is 5.03. The second kappa shape index (κ2) is 42.4. The first-order chi connectivity index (χ1) is 28.7. The third-order valence-electron chi connectivity index (χ3n) is 10.3. The monoisotopic (exact) mass is 861 g/mol. The van der Waals surface area contributed by atoms with E-state index >= 15 is 0 Å². The molecule has 0 aliphatic carbocycles. The maximum absolute atomic E-state index is 11.2. The smallest absolute Gasteiger partial charge is 0.317 e. The molecule has 352 valence electrons. The first-order valence-corrected chi connectivity index (χ1v) is 22.9. The van der Waals surface area contributed by atoms with Crippen LogP contribution in [0.15, 0.2) is 0 Å². The average molecular weight is 861 g/mol. The fourth-order valence-corrected chi connectivity index (χ4v) is 7.03. The molecule has 0 atom stereocenters. The Bertz CT molecular complexity index is 1080. The summed E-state index contributed by atoms with van der Waals surface area (Å²) in [6, 6.07) is 0. The van der Waals surface area contributed by atoms with Gasteiger partial charge in [0.2, 0.25) is 0 Å². The summed E-state index contributed by atoms with van der Waals surface area (Å²) < 4.78 is 0. The fraction of sp³-hybridized carbons (Fsp3) is 0.864. The SMILES string of the molecule is CCCCCCCCCCCCCCCCCCCCN(CCN(CC(=O)O)CC(=O)O)CC(=O)O.CCCCCCCCN(CCN(CC(=O)O)CC(=O)O)CC(=O)O. The van der Waals surface area contributed by atoms with Crippen molar-refractivity contribution in [1.29, 1.82) is 0 Å². The molecule has 0 aromatic rings. The maximum Gasteiger partial charge on any atom is 0.317 e. The first-order valence-electron chi connectivity index (χ1n) is 22.9. The molecule has 0 saturated heterocycles. The quantitative estimate of drug-likeness (QED) is 0.0335. The summed E-state index contributed by atoms with van der Waals surface area (Å²) in [5, 5.41) is 53.6. The van der Waals surface area contributed by atoms with Crippen molar-refractivity contribution < 1.29 is 59.4 Å². The van der Waals surface area contributed by atoms with E-state index in [9.17, 15) is 28.8 Å². The molecule has 0 heterocycles. The molecule has 0 radical (unpaired) electrons. The van der Waals surface area contributed by atoms with E-state index in [1.807, 2.05) is 0 Å². The Morgan fingerprint density at radius 2 is 0.417 bits per heavy atom. The van der Waals surface area contributed by atoms with Crippen LogP contribution in [-0.2, 0) is 28.8 Å². The minimum atomic E-state index is -1.10. The van der Waals surface area contributed by atoms with Gasteiger partial charge in [-0.15, -0.1) is 0 Å². The van der Waals surface area contributed by atoms with Gasteiger partial charge in [0.05, 0.1) is 39.3 Å². The van der Waals surface area contributed by atoms with Gasteiger partial charge < -0.3 is 30.6 Å². The molecule has 0 fully saturated rings. The Morgan fingerprint density at radius 1 is 0.250 bits per heavy atom. The fourth-order valence-electron chi connectivity index (χ4n) is 7.03. The first kappa shape index (κ1) is 58.8. The Labute approximate surface area is 360 Å². The molecule has 0 rings (SSSR count). The predicted octanol–water partition coefficient (Wildman–Crippen LogP) is 7.09. The number of carboxylic acids is 6. The molecule has 0 saturated carbocycles. The van der Waals surface area contributed by atoms with Crippen molar-refractivity contribution in [3.8, 4) is 0 Å². The minimum absolute atomic E-state index is 0.118. The van der Waals surface area contributed by atoms with E-state index in [4.69, 9.17) is 30.6 Å². The number of carboxylic acid groups (broad SMARTS) is 6. The lowest BCUT2D eigenvalue weighted by atomic mass is 10.0. The van der Waals surface area contributed by atoms with Crippen molar-refractivity contribution in [1.82, 2.24) is 19.6 Å². The summed E-state index contributed by atoms with van der Waals surface area (Å²) >= 11 is 0. The number of aliphatic carboxylic acids is 6. The number of unbranched alkanes of at least 4 members (excludes halogenated alkanes) is 22. The molecule has 60 heavy (non-hydrogen) atoms. The molecule has 0 spiro atoms. The van der Waals surface area contributed by atoms with Gasteiger partial charge in [-0.3, -0.25) is 48.4 Å². The largest absolute Gasteiger partial charge is 0.480 e. The second-order valence-corrected chi connectivity index (χ2v) is 16.1. The summed E-state index contributed by atoms with van der Waals surface area (Å²) in [6.07, 6.45) is 30.0. The standard InChI is InChI=1S/C28H54N2O6.C16H30N2O6/c1-2-3-4-5-6-7-8-9-10-11-12-13-14-15-16-17-18-19-20-29(23-26(31)32)21-22-30(24-27(33)34)25-28(35)36;1-2-3-4-5-6-7-8-17(11-14(19)20)9-10-18(12-15(21)22)13-16(23)24/h2-25H2,1H3,(H,31,32)(H,33,34)(H,35,36);2-13H2,1H3,(H,19,20)(H,21,22)(H,23,24). The van der Waals surface area contributed by atoms with Gasteiger partial charge >= 0.3 is 35.8 Å². The molecule has 0 unspecified atom stereocenters. The molecule has 0 aromatic carbocycles. The highest BCUT2D eigenvalue weighted by atomic mass is 16.4. The highest BCUT2D eigenvalue weighted by molar-refractivity contribution is 5.73. The molecule has 0 aliphatic rings. The lowest BCUT2D eigenvalue weighted by Crippen LogP contribution is -2.42. The Morgan fingerprint density at radius 3 is 0.617 bits per heavy atom. The summed E-state index contributed by atoms with van der Waals surface area (Å²) in [4.78, 5) is 71.6. The van der Waals surface area contributed by atoms with Crippen molar-refractivity contribution >= 4 is 35.8 Å². The van der Waals surface area contributed by atoms with Crippen molar-refractivity contribution in [3.05, 3.63) is 0 Å². The third-order valence-corrected chi connectivity index (χ3v) is 10.3. The van der Waals surface area contributed by atoms with Crippen LogP contribution in [-0.4, -0.2) is 165 Å². The molecular formula is C44H84N4O12. The van der Waals surface area contributed by atoms with E-state index in [1.165, 1.54) is 125 Å². The predicted molar refractivity (Wildman–Crippen MR) is 234 cm³/mol. The summed E-state index contributed by atoms with van der Waals surface area (Å²) in [7, 11) is 0. The van der Waals surface area contributed by atoms with E-state index in [0.717, 1.165) is 38.5 Å². The van der Waals surface area contributed by atoms with Gasteiger partial charge in [-0.1, -0.05) is 155 Å². The maximum atomic E-state index is 11.2. The lowest BCUT2D eigenvalue weighted by molar-refractivity contribution is -0.144. The third kappa shape index (κ3) is 45.7. The summed E-state index contributed by atoms with van der Waals surface area (Å²) in [5.41, 5.74) is 0. The van der Waals surface area contributed by atoms with Crippen LogP contribution in [0.2, 0.25) is 0 Å². The lowest BCUT2D eigenvalue weighted by Gasteiger charge is -2.24. The molecule has 0 aliphatic heterocycles. The van der Waals surface area contributed by atoms with Crippen molar-refractivity contribution in [2.45, 2.75) is 168 Å². The minimum Gasteiger partial charge on any atom is -0.480 e. The van der Waals surface area contributed by atoms with Gasteiger partial charge in [0.1, 0.15) is 0 Å². The molecule has 0 aromatic heterocycles. The molecular weight excluding hydrogens is 776 g/mol. The molecule has 0 amide bonds. The highest BCUT2D eigenvalue weighted by Gasteiger charge is 2.18. The molecule has 16 nitrogen and oxygen atoms in total. The Kier molecular flexibility index (Phi) is 41.5. The Balaban J connectivity index is 0. The highest BCUT2D eigenvalue weighted by Crippen LogP contribution is 2.15. The molecule has 16 heteroatoms. The van der Waals surface area contributed by atoms with Gasteiger partial charge in [-0.05, 0) is 25.9 Å². The topological polar surface area (TPSA) is 237 Å². The van der Waals surface area contributed by atoms with Gasteiger partial charge in [0.25, 0.3) is 0 Å². The zero-order valence-corrected chi connectivity index (χ0v) is 37.4. The van der Waals surface area contributed by atoms with Crippen molar-refractivity contribution in [2.75, 3.05) is 78.5 Å². The van der Waals surface area contributed by atoms with Crippen LogP contribution in [0.25, 0.3) is 0 Å². The summed E-state index contributed by atoms with van der Waals surface area (Å²) in [5.74, 6) is -6.26. The van der Waals surface area contributed by atoms with E-state index < -0.39 is 35.8 Å². The van der Waals surface area contributed by atoms with Gasteiger partial charge in [-0.2, -0.15) is 0 Å². The van der Waals surface area contributed by atoms with Gasteiger partial charge in [0, 0.05) is 26.2 Å². The number of rotatable bonds is 44. The van der Waals surface area contributed by atoms with E-state index in [0.29, 0.717) is 26.2 Å². The molecule has 6 N–H and O–H groups in total. The number of hydrogen-bond acceptors (Lipinski definition) is 10. The zero-order valence-electron chi connectivity index (χ0n) is 37.4. The number of nitrogens with zero attached hydrogens (tertiary/aromatic N) is 4. The van der Waals surface area contributed by atoms with Crippen LogP contribution in [0.4, 0.5) is 0 Å². The van der Waals surface area contributed by atoms with Crippen molar-refractivity contribution in [3.63, 3.8) is 0 Å². The van der Waals surface area contributed by atoms with E-state index in [2.05, 4.69) is 13.8 Å². The molecule has 0 bridgehead atoms. The zero-order chi connectivity index (χ0) is 45.2. The van der Waals surface area contributed by atoms with Crippen LogP contribution in [0, 0.1) is 0 Å². The van der Waals surface area contributed by atoms with Crippen LogP contribution in [0.3, 0.4) is 0 Å². The van der Waals surface area contributed by atoms with E-state index in [1.54, 1.807) is 9.80 Å². The Hall–Kier alpha value is -3.34. The van der Waals surface area contributed by atoms with Crippen molar-refractivity contribution in [2.24, 2.45) is 0 Å². The average Bonchev–Trinajstić information content (AvgIpc) is 3.15. The van der Waals surface area contributed by atoms with Crippen LogP contribution < -0.4 is 0 Å². The normalized spacial score (nSPS) is 11.3. The number of hydrogen-bond donors (Lipinski definition) is 6. The second-order valence-electron chi connectivity index (χ2n) is 16.1. The van der Waals surface area contributed by atoms with Gasteiger partial charge in [-0.25, -0.2) is 0 Å².